The van der Waals surface area contributed by atoms with Crippen molar-refractivity contribution in [1.29, 1.82) is 0 Å². The highest BCUT2D eigenvalue weighted by atomic mass is 35.5. The summed E-state index contributed by atoms with van der Waals surface area (Å²) < 4.78 is 5.54. The van der Waals surface area contributed by atoms with Gasteiger partial charge in [0.25, 0.3) is 0 Å². The molecular formula is C14H14ClNO. The van der Waals surface area contributed by atoms with Crippen molar-refractivity contribution in [2.75, 3.05) is 12.0 Å². The van der Waals surface area contributed by atoms with Crippen molar-refractivity contribution in [2.45, 2.75) is 6.92 Å². The van der Waals surface area contributed by atoms with Gasteiger partial charge in [0.05, 0.1) is 0 Å². The largest absolute Gasteiger partial charge is 0.473 e. The van der Waals surface area contributed by atoms with Crippen LogP contribution >= 0.6 is 11.6 Å². The average Bonchev–Trinajstić information content (AvgIpc) is 2.32. The van der Waals surface area contributed by atoms with Gasteiger partial charge in [-0.15, -0.1) is 0 Å². The lowest BCUT2D eigenvalue weighted by Crippen LogP contribution is -2.08. The van der Waals surface area contributed by atoms with Crippen LogP contribution in [0.2, 0.25) is 5.02 Å². The van der Waals surface area contributed by atoms with Crippen LogP contribution in [-0.4, -0.2) is 6.73 Å². The standard InChI is InChI=1S/C14H14ClNO/c1-11-3-2-4-13(9-11)16-10-17-14-7-5-12(15)6-8-14/h2-9,16H,10H2,1H3. The Kier molecular flexibility index (Phi) is 3.89. The normalized spacial score (nSPS) is 10.0. The summed E-state index contributed by atoms with van der Waals surface area (Å²) in [4.78, 5) is 0. The molecule has 17 heavy (non-hydrogen) atoms. The molecule has 0 saturated carbocycles. The van der Waals surface area contributed by atoms with Gasteiger partial charge in [-0.3, -0.25) is 0 Å². The summed E-state index contributed by atoms with van der Waals surface area (Å²) in [6.45, 7) is 2.50. The summed E-state index contributed by atoms with van der Waals surface area (Å²) in [7, 11) is 0. The maximum atomic E-state index is 5.79. The van der Waals surface area contributed by atoms with Gasteiger partial charge in [-0.2, -0.15) is 0 Å². The number of aryl methyl sites for hydroxylation is 1. The fourth-order valence-corrected chi connectivity index (χ4v) is 1.61. The predicted octanol–water partition coefficient (Wildman–Crippen LogP) is 4.10. The summed E-state index contributed by atoms with van der Waals surface area (Å²) in [6.07, 6.45) is 0. The molecule has 0 amide bonds. The Morgan fingerprint density at radius 2 is 1.88 bits per heavy atom. The van der Waals surface area contributed by atoms with Gasteiger partial charge in [0, 0.05) is 10.7 Å². The third-order valence-corrected chi connectivity index (χ3v) is 2.60. The van der Waals surface area contributed by atoms with Gasteiger partial charge in [-0.25, -0.2) is 0 Å². The highest BCUT2D eigenvalue weighted by Crippen LogP contribution is 2.16. The van der Waals surface area contributed by atoms with E-state index in [9.17, 15) is 0 Å². The first-order valence-electron chi connectivity index (χ1n) is 5.43. The van der Waals surface area contributed by atoms with Gasteiger partial charge >= 0.3 is 0 Å². The Balaban J connectivity index is 1.85. The van der Waals surface area contributed by atoms with Crippen LogP contribution in [0.3, 0.4) is 0 Å². The summed E-state index contributed by atoms with van der Waals surface area (Å²) >= 11 is 5.79. The molecule has 0 aliphatic heterocycles. The Bertz CT molecular complexity index is 482. The van der Waals surface area contributed by atoms with E-state index >= 15 is 0 Å². The zero-order valence-electron chi connectivity index (χ0n) is 9.61. The van der Waals surface area contributed by atoms with Crippen molar-refractivity contribution < 1.29 is 4.74 Å². The second-order valence-corrected chi connectivity index (χ2v) is 4.23. The van der Waals surface area contributed by atoms with Crippen molar-refractivity contribution in [3.63, 3.8) is 0 Å². The minimum Gasteiger partial charge on any atom is -0.473 e. The topological polar surface area (TPSA) is 21.3 Å². The highest BCUT2D eigenvalue weighted by molar-refractivity contribution is 6.30. The molecule has 2 aromatic rings. The summed E-state index contributed by atoms with van der Waals surface area (Å²) in [6, 6.07) is 15.5. The predicted molar refractivity (Wildman–Crippen MR) is 71.7 cm³/mol. The Hall–Kier alpha value is -1.67. The van der Waals surface area contributed by atoms with Crippen molar-refractivity contribution in [3.8, 4) is 5.75 Å². The van der Waals surface area contributed by atoms with Gasteiger partial charge in [0.2, 0.25) is 0 Å². The molecule has 2 aromatic carbocycles. The van der Waals surface area contributed by atoms with E-state index in [2.05, 4.69) is 24.4 Å². The first-order chi connectivity index (χ1) is 8.24. The number of nitrogens with one attached hydrogen (secondary N) is 1. The monoisotopic (exact) mass is 247 g/mol. The number of halogens is 1. The van der Waals surface area contributed by atoms with E-state index in [1.54, 1.807) is 0 Å². The summed E-state index contributed by atoms with van der Waals surface area (Å²) in [5, 5.41) is 3.91. The number of benzene rings is 2. The number of hydrogen-bond acceptors (Lipinski definition) is 2. The van der Waals surface area contributed by atoms with Crippen LogP contribution in [0.25, 0.3) is 0 Å². The van der Waals surface area contributed by atoms with E-state index < -0.39 is 0 Å². The third kappa shape index (κ3) is 3.68. The number of rotatable bonds is 4. The van der Waals surface area contributed by atoms with Crippen molar-refractivity contribution in [2.24, 2.45) is 0 Å². The maximum Gasteiger partial charge on any atom is 0.159 e. The molecule has 0 aliphatic rings. The van der Waals surface area contributed by atoms with Gasteiger partial charge < -0.3 is 10.1 Å². The second-order valence-electron chi connectivity index (χ2n) is 3.79. The van der Waals surface area contributed by atoms with Crippen LogP contribution < -0.4 is 10.1 Å². The van der Waals surface area contributed by atoms with E-state index in [-0.39, 0.29) is 0 Å². The van der Waals surface area contributed by atoms with Crippen molar-refractivity contribution >= 4 is 17.3 Å². The molecule has 88 valence electrons. The molecule has 2 rings (SSSR count). The zero-order valence-corrected chi connectivity index (χ0v) is 10.4. The Labute approximate surface area is 106 Å². The minimum absolute atomic E-state index is 0.436. The van der Waals surface area contributed by atoms with E-state index in [0.717, 1.165) is 11.4 Å². The van der Waals surface area contributed by atoms with Crippen LogP contribution in [0.4, 0.5) is 5.69 Å². The van der Waals surface area contributed by atoms with E-state index in [4.69, 9.17) is 16.3 Å². The van der Waals surface area contributed by atoms with E-state index in [1.165, 1.54) is 5.56 Å². The minimum atomic E-state index is 0.436. The lowest BCUT2D eigenvalue weighted by atomic mass is 10.2. The quantitative estimate of drug-likeness (QED) is 0.822. The van der Waals surface area contributed by atoms with Gasteiger partial charge in [0.15, 0.2) is 6.73 Å². The van der Waals surface area contributed by atoms with Gasteiger partial charge in [-0.05, 0) is 48.9 Å². The molecule has 0 unspecified atom stereocenters. The molecule has 0 spiro atoms. The van der Waals surface area contributed by atoms with Gasteiger partial charge in [0.1, 0.15) is 5.75 Å². The van der Waals surface area contributed by atoms with Gasteiger partial charge in [-0.1, -0.05) is 23.7 Å². The summed E-state index contributed by atoms with van der Waals surface area (Å²) in [5.41, 5.74) is 2.28. The molecule has 0 bridgehead atoms. The third-order valence-electron chi connectivity index (χ3n) is 2.35. The fourth-order valence-electron chi connectivity index (χ4n) is 1.49. The van der Waals surface area contributed by atoms with Crippen LogP contribution in [-0.2, 0) is 0 Å². The molecule has 1 N–H and O–H groups in total. The molecule has 2 nitrogen and oxygen atoms in total. The first kappa shape index (κ1) is 11.8. The van der Waals surface area contributed by atoms with Crippen LogP contribution in [0, 0.1) is 6.92 Å². The number of hydrogen-bond donors (Lipinski definition) is 1. The molecule has 0 aliphatic carbocycles. The van der Waals surface area contributed by atoms with E-state index in [0.29, 0.717) is 11.8 Å². The average molecular weight is 248 g/mol. The maximum absolute atomic E-state index is 5.79. The van der Waals surface area contributed by atoms with E-state index in [1.807, 2.05) is 36.4 Å². The number of anilines is 1. The molecular weight excluding hydrogens is 234 g/mol. The second kappa shape index (κ2) is 5.60. The molecule has 0 heterocycles. The zero-order chi connectivity index (χ0) is 12.1. The molecule has 0 saturated heterocycles. The smallest absolute Gasteiger partial charge is 0.159 e. The first-order valence-corrected chi connectivity index (χ1v) is 5.81. The van der Waals surface area contributed by atoms with Crippen molar-refractivity contribution in [1.82, 2.24) is 0 Å². The van der Waals surface area contributed by atoms with Crippen molar-refractivity contribution in [3.05, 3.63) is 59.1 Å². The SMILES string of the molecule is Cc1cccc(NCOc2ccc(Cl)cc2)c1. The Morgan fingerprint density at radius 1 is 1.12 bits per heavy atom. The molecule has 0 aromatic heterocycles. The Morgan fingerprint density at radius 3 is 2.59 bits per heavy atom. The lowest BCUT2D eigenvalue weighted by molar-refractivity contribution is 0.347. The fraction of sp³-hybridized carbons (Fsp3) is 0.143. The van der Waals surface area contributed by atoms with Crippen LogP contribution in [0.1, 0.15) is 5.56 Å². The molecule has 3 heteroatoms. The lowest BCUT2D eigenvalue weighted by Gasteiger charge is -2.09. The molecule has 0 radical (unpaired) electrons. The molecule has 0 fully saturated rings. The van der Waals surface area contributed by atoms with Crippen LogP contribution in [0.15, 0.2) is 48.5 Å². The number of ether oxygens (including phenoxy) is 1. The van der Waals surface area contributed by atoms with Crippen LogP contribution in [0.5, 0.6) is 5.75 Å². The highest BCUT2D eigenvalue weighted by Gasteiger charge is 1.94. The summed E-state index contributed by atoms with van der Waals surface area (Å²) in [5.74, 6) is 0.801. The molecule has 0 atom stereocenters.